The Morgan fingerprint density at radius 3 is 2.82 bits per heavy atom. The third-order valence-electron chi connectivity index (χ3n) is 3.41. The van der Waals surface area contributed by atoms with E-state index in [1.807, 2.05) is 50.2 Å². The van der Waals surface area contributed by atoms with Gasteiger partial charge in [-0.1, -0.05) is 35.0 Å². The predicted octanol–water partition coefficient (Wildman–Crippen LogP) is 3.34. The number of rotatable bonds is 3. The lowest BCUT2D eigenvalue weighted by Gasteiger charge is -2.11. The maximum absolute atomic E-state index is 12.3. The van der Waals surface area contributed by atoms with Gasteiger partial charge in [-0.05, 0) is 43.2 Å². The minimum absolute atomic E-state index is 0.0875. The summed E-state index contributed by atoms with van der Waals surface area (Å²) in [5, 5.41) is 11.4. The van der Waals surface area contributed by atoms with Crippen molar-refractivity contribution in [2.45, 2.75) is 20.4 Å². The lowest BCUT2D eigenvalue weighted by Crippen LogP contribution is -2.20. The number of anilines is 1. The van der Waals surface area contributed by atoms with E-state index in [2.05, 4.69) is 15.6 Å². The number of fused-ring (bicyclic) bond motifs is 1. The van der Waals surface area contributed by atoms with Crippen LogP contribution in [0.2, 0.25) is 5.02 Å². The molecule has 22 heavy (non-hydrogen) atoms. The van der Waals surface area contributed by atoms with Gasteiger partial charge in [0.25, 0.3) is 0 Å². The number of halogens is 1. The molecule has 1 N–H and O–H groups in total. The predicted molar refractivity (Wildman–Crippen MR) is 87.1 cm³/mol. The zero-order valence-electron chi connectivity index (χ0n) is 12.3. The van der Waals surface area contributed by atoms with Gasteiger partial charge in [-0.3, -0.25) is 4.79 Å². The van der Waals surface area contributed by atoms with Crippen LogP contribution < -0.4 is 5.32 Å². The first-order chi connectivity index (χ1) is 10.5. The first-order valence-corrected chi connectivity index (χ1v) is 7.27. The van der Waals surface area contributed by atoms with Crippen LogP contribution >= 0.6 is 11.6 Å². The fourth-order valence-electron chi connectivity index (χ4n) is 2.42. The van der Waals surface area contributed by atoms with Crippen LogP contribution in [0, 0.1) is 13.8 Å². The molecule has 0 saturated carbocycles. The number of carbonyl (C=O) groups excluding carboxylic acids is 1. The Bertz CT molecular complexity index is 833. The maximum Gasteiger partial charge on any atom is 0.246 e. The molecule has 1 aromatic heterocycles. The van der Waals surface area contributed by atoms with E-state index >= 15 is 0 Å². The molecular formula is C16H15ClN4O. The molecule has 5 nitrogen and oxygen atoms in total. The van der Waals surface area contributed by atoms with Crippen LogP contribution in [-0.4, -0.2) is 20.9 Å². The third kappa shape index (κ3) is 2.80. The van der Waals surface area contributed by atoms with E-state index < -0.39 is 0 Å². The van der Waals surface area contributed by atoms with E-state index in [4.69, 9.17) is 11.6 Å². The van der Waals surface area contributed by atoms with Gasteiger partial charge in [-0.15, -0.1) is 5.10 Å². The van der Waals surface area contributed by atoms with Crippen LogP contribution in [0.25, 0.3) is 11.0 Å². The van der Waals surface area contributed by atoms with E-state index in [1.165, 1.54) is 0 Å². The van der Waals surface area contributed by atoms with E-state index in [0.29, 0.717) is 10.7 Å². The summed E-state index contributed by atoms with van der Waals surface area (Å²) in [5.41, 5.74) is 4.22. The first kappa shape index (κ1) is 14.5. The molecule has 0 fully saturated rings. The highest BCUT2D eigenvalue weighted by Gasteiger charge is 2.12. The summed E-state index contributed by atoms with van der Waals surface area (Å²) >= 11 is 6.21. The zero-order valence-corrected chi connectivity index (χ0v) is 13.1. The number of para-hydroxylation sites is 1. The number of amides is 1. The number of carbonyl (C=O) groups is 1. The Labute approximate surface area is 132 Å². The number of aryl methyl sites for hydroxylation is 2. The van der Waals surface area contributed by atoms with Crippen LogP contribution in [-0.2, 0) is 11.3 Å². The summed E-state index contributed by atoms with van der Waals surface area (Å²) in [4.78, 5) is 12.3. The summed E-state index contributed by atoms with van der Waals surface area (Å²) in [6, 6.07) is 11.3. The lowest BCUT2D eigenvalue weighted by molar-refractivity contribution is -0.116. The molecule has 3 aromatic rings. The third-order valence-corrected chi connectivity index (χ3v) is 3.71. The van der Waals surface area contributed by atoms with Crippen LogP contribution in [0.3, 0.4) is 0 Å². The summed E-state index contributed by atoms with van der Waals surface area (Å²) in [7, 11) is 0. The van der Waals surface area contributed by atoms with Crippen molar-refractivity contribution in [3.8, 4) is 0 Å². The van der Waals surface area contributed by atoms with Crippen LogP contribution in [0.15, 0.2) is 36.4 Å². The van der Waals surface area contributed by atoms with E-state index in [0.717, 1.165) is 22.2 Å². The molecule has 112 valence electrons. The monoisotopic (exact) mass is 314 g/mol. The number of nitrogens with one attached hydrogen (secondary N) is 1. The van der Waals surface area contributed by atoms with Crippen molar-refractivity contribution < 1.29 is 4.79 Å². The highest BCUT2D eigenvalue weighted by atomic mass is 35.5. The van der Waals surface area contributed by atoms with Crippen LogP contribution in [0.1, 0.15) is 11.1 Å². The Hall–Kier alpha value is -2.40. The molecule has 3 rings (SSSR count). The second-order valence-corrected chi connectivity index (χ2v) is 5.63. The molecular weight excluding hydrogens is 300 g/mol. The summed E-state index contributed by atoms with van der Waals surface area (Å²) < 4.78 is 1.57. The van der Waals surface area contributed by atoms with Gasteiger partial charge < -0.3 is 5.32 Å². The molecule has 6 heteroatoms. The minimum Gasteiger partial charge on any atom is -0.323 e. The van der Waals surface area contributed by atoms with Crippen molar-refractivity contribution in [2.24, 2.45) is 0 Å². The summed E-state index contributed by atoms with van der Waals surface area (Å²) in [6.45, 7) is 3.97. The average Bonchev–Trinajstić information content (AvgIpc) is 2.86. The smallest absolute Gasteiger partial charge is 0.246 e. The Kier molecular flexibility index (Phi) is 3.81. The number of benzene rings is 2. The average molecular weight is 315 g/mol. The van der Waals surface area contributed by atoms with Gasteiger partial charge in [0, 0.05) is 0 Å². The van der Waals surface area contributed by atoms with E-state index in [1.54, 1.807) is 4.68 Å². The van der Waals surface area contributed by atoms with Gasteiger partial charge in [0.15, 0.2) is 0 Å². The molecule has 0 atom stereocenters. The first-order valence-electron chi connectivity index (χ1n) is 6.89. The van der Waals surface area contributed by atoms with Crippen LogP contribution in [0.4, 0.5) is 5.69 Å². The zero-order chi connectivity index (χ0) is 15.7. The normalized spacial score (nSPS) is 10.9. The van der Waals surface area contributed by atoms with Gasteiger partial charge in [-0.25, -0.2) is 4.68 Å². The van der Waals surface area contributed by atoms with Crippen molar-refractivity contribution >= 4 is 34.2 Å². The topological polar surface area (TPSA) is 59.8 Å². The maximum atomic E-state index is 12.3. The highest BCUT2D eigenvalue weighted by molar-refractivity contribution is 6.34. The van der Waals surface area contributed by atoms with Crippen LogP contribution in [0.5, 0.6) is 0 Å². The van der Waals surface area contributed by atoms with Crippen molar-refractivity contribution in [3.63, 3.8) is 0 Å². The molecule has 2 aromatic carbocycles. The van der Waals surface area contributed by atoms with E-state index in [-0.39, 0.29) is 12.5 Å². The second kappa shape index (κ2) is 5.77. The molecule has 0 spiro atoms. The highest BCUT2D eigenvalue weighted by Crippen LogP contribution is 2.27. The largest absolute Gasteiger partial charge is 0.323 e. The minimum atomic E-state index is -0.190. The lowest BCUT2D eigenvalue weighted by atomic mass is 10.1. The summed E-state index contributed by atoms with van der Waals surface area (Å²) in [6.07, 6.45) is 0. The molecule has 0 aliphatic rings. The quantitative estimate of drug-likeness (QED) is 0.806. The number of hydrogen-bond acceptors (Lipinski definition) is 3. The van der Waals surface area contributed by atoms with E-state index in [9.17, 15) is 4.79 Å². The second-order valence-electron chi connectivity index (χ2n) is 5.22. The van der Waals surface area contributed by atoms with Crippen molar-refractivity contribution in [3.05, 3.63) is 52.5 Å². The van der Waals surface area contributed by atoms with Crippen molar-refractivity contribution in [1.29, 1.82) is 0 Å². The molecule has 0 saturated heterocycles. The molecule has 1 heterocycles. The summed E-state index contributed by atoms with van der Waals surface area (Å²) in [5.74, 6) is -0.190. The standard InChI is InChI=1S/C16H15ClN4O/c1-10-7-11(2)16(12(17)8-10)18-15(22)9-21-14-6-4-3-5-13(14)19-20-21/h3-8H,9H2,1-2H3,(H,18,22). The Morgan fingerprint density at radius 2 is 2.05 bits per heavy atom. The number of aromatic nitrogens is 3. The Morgan fingerprint density at radius 1 is 1.27 bits per heavy atom. The number of hydrogen-bond donors (Lipinski definition) is 1. The molecule has 0 unspecified atom stereocenters. The van der Waals surface area contributed by atoms with Gasteiger partial charge in [0.1, 0.15) is 12.1 Å². The SMILES string of the molecule is Cc1cc(C)c(NC(=O)Cn2nnc3ccccc32)c(Cl)c1. The van der Waals surface area contributed by atoms with Gasteiger partial charge in [0.2, 0.25) is 5.91 Å². The molecule has 0 radical (unpaired) electrons. The van der Waals surface area contributed by atoms with Gasteiger partial charge >= 0.3 is 0 Å². The number of nitrogens with zero attached hydrogens (tertiary/aromatic N) is 3. The molecule has 1 amide bonds. The fraction of sp³-hybridized carbons (Fsp3) is 0.188. The van der Waals surface area contributed by atoms with Gasteiger partial charge in [-0.2, -0.15) is 0 Å². The van der Waals surface area contributed by atoms with Crippen molar-refractivity contribution in [1.82, 2.24) is 15.0 Å². The molecule has 0 aliphatic carbocycles. The van der Waals surface area contributed by atoms with Gasteiger partial charge in [0.05, 0.1) is 16.2 Å². The Balaban J connectivity index is 1.81. The molecule has 0 aliphatic heterocycles. The molecule has 0 bridgehead atoms. The fourth-order valence-corrected chi connectivity index (χ4v) is 2.79. The van der Waals surface area contributed by atoms with Crippen molar-refractivity contribution in [2.75, 3.05) is 5.32 Å².